The Morgan fingerprint density at radius 2 is 2.33 bits per heavy atom. The summed E-state index contributed by atoms with van der Waals surface area (Å²) in [5, 5.41) is 7.00. The molecule has 1 aliphatic rings. The lowest BCUT2D eigenvalue weighted by Crippen LogP contribution is -2.26. The highest BCUT2D eigenvalue weighted by Crippen LogP contribution is 2.33. The van der Waals surface area contributed by atoms with E-state index in [2.05, 4.69) is 26.5 Å². The number of rotatable bonds is 4. The molecular formula is C17H16N4O3. The molecule has 7 heteroatoms. The zero-order valence-corrected chi connectivity index (χ0v) is 13.2. The number of aryl methyl sites for hydroxylation is 2. The van der Waals surface area contributed by atoms with Crippen LogP contribution < -0.4 is 5.32 Å². The number of amides is 1. The van der Waals surface area contributed by atoms with Crippen LogP contribution in [0.15, 0.2) is 39.7 Å². The van der Waals surface area contributed by atoms with Crippen molar-refractivity contribution in [1.82, 2.24) is 20.4 Å². The Morgan fingerprint density at radius 1 is 1.42 bits per heavy atom. The Morgan fingerprint density at radius 3 is 3.08 bits per heavy atom. The first-order valence-electron chi connectivity index (χ1n) is 7.89. The molecule has 0 aliphatic heterocycles. The molecule has 3 aromatic rings. The van der Waals surface area contributed by atoms with Gasteiger partial charge in [0.25, 0.3) is 5.91 Å². The Hall–Kier alpha value is -2.96. The smallest absolute Gasteiger partial charge is 0.289 e. The number of nitrogens with one attached hydrogen (secondary N) is 1. The largest absolute Gasteiger partial charge is 0.438 e. The minimum absolute atomic E-state index is 0.0249. The molecule has 4 rings (SSSR count). The van der Waals surface area contributed by atoms with E-state index in [1.54, 1.807) is 0 Å². The molecule has 0 saturated carbocycles. The molecule has 0 saturated heterocycles. The highest BCUT2D eigenvalue weighted by Gasteiger charge is 2.26. The summed E-state index contributed by atoms with van der Waals surface area (Å²) >= 11 is 0. The first-order chi connectivity index (χ1) is 11.7. The molecule has 24 heavy (non-hydrogen) atoms. The summed E-state index contributed by atoms with van der Waals surface area (Å²) in [4.78, 5) is 20.2. The first-order valence-corrected chi connectivity index (χ1v) is 7.89. The predicted octanol–water partition coefficient (Wildman–Crippen LogP) is 2.70. The average molecular weight is 324 g/mol. The fourth-order valence-corrected chi connectivity index (χ4v) is 2.98. The van der Waals surface area contributed by atoms with Gasteiger partial charge in [0.1, 0.15) is 0 Å². The molecule has 1 aromatic carbocycles. The summed E-state index contributed by atoms with van der Waals surface area (Å²) in [6.45, 7) is 1.97. The number of benzene rings is 1. The molecule has 0 bridgehead atoms. The van der Waals surface area contributed by atoms with Crippen LogP contribution in [-0.4, -0.2) is 21.0 Å². The van der Waals surface area contributed by atoms with Crippen molar-refractivity contribution in [1.29, 1.82) is 0 Å². The number of fused-ring (bicyclic) bond motifs is 1. The molecule has 7 nitrogen and oxygen atoms in total. The van der Waals surface area contributed by atoms with E-state index in [1.165, 1.54) is 18.2 Å². The number of hydrogen-bond acceptors (Lipinski definition) is 6. The van der Waals surface area contributed by atoms with Gasteiger partial charge in [-0.1, -0.05) is 24.2 Å². The molecule has 2 heterocycles. The van der Waals surface area contributed by atoms with E-state index in [9.17, 15) is 4.79 Å². The van der Waals surface area contributed by atoms with Crippen LogP contribution in [0.3, 0.4) is 0 Å². The van der Waals surface area contributed by atoms with Crippen molar-refractivity contribution >= 4 is 5.91 Å². The molecule has 2 aromatic heterocycles. The lowest BCUT2D eigenvalue weighted by Gasteiger charge is -2.13. The maximum absolute atomic E-state index is 12.1. The van der Waals surface area contributed by atoms with Gasteiger partial charge in [0, 0.05) is 12.0 Å². The standard InChI is InChI=1S/C17H16N4O3/c1-2-15-20-16(21-24-15)11-3-5-12-10(7-11)4-6-13(12)19-17(22)14-8-18-9-23-14/h3,5,7-9,13H,2,4,6H2,1H3,(H,19,22). The van der Waals surface area contributed by atoms with E-state index in [0.717, 1.165) is 24.0 Å². The van der Waals surface area contributed by atoms with Crippen LogP contribution in [0, 0.1) is 0 Å². The van der Waals surface area contributed by atoms with Gasteiger partial charge in [-0.25, -0.2) is 4.98 Å². The Balaban J connectivity index is 1.55. The van der Waals surface area contributed by atoms with Gasteiger partial charge in [-0.2, -0.15) is 4.98 Å². The van der Waals surface area contributed by atoms with Gasteiger partial charge in [-0.3, -0.25) is 4.79 Å². The third-order valence-corrected chi connectivity index (χ3v) is 4.21. The Bertz CT molecular complexity index is 870. The lowest BCUT2D eigenvalue weighted by molar-refractivity contribution is 0.0908. The van der Waals surface area contributed by atoms with Gasteiger partial charge in [0.15, 0.2) is 6.39 Å². The van der Waals surface area contributed by atoms with Crippen molar-refractivity contribution in [2.75, 3.05) is 0 Å². The number of nitrogens with zero attached hydrogens (tertiary/aromatic N) is 3. The zero-order valence-electron chi connectivity index (χ0n) is 13.2. The monoisotopic (exact) mass is 324 g/mol. The third kappa shape index (κ3) is 2.58. The van der Waals surface area contributed by atoms with Crippen LogP contribution in [0.4, 0.5) is 0 Å². The average Bonchev–Trinajstić information content (AvgIpc) is 3.35. The Kier molecular flexibility index (Phi) is 3.60. The normalized spacial score (nSPS) is 16.1. The van der Waals surface area contributed by atoms with Gasteiger partial charge in [0.05, 0.1) is 12.2 Å². The van der Waals surface area contributed by atoms with E-state index >= 15 is 0 Å². The van der Waals surface area contributed by atoms with Crippen LogP contribution in [-0.2, 0) is 12.8 Å². The highest BCUT2D eigenvalue weighted by atomic mass is 16.5. The summed E-state index contributed by atoms with van der Waals surface area (Å²) in [6.07, 6.45) is 5.12. The van der Waals surface area contributed by atoms with Crippen LogP contribution in [0.5, 0.6) is 0 Å². The quantitative estimate of drug-likeness (QED) is 0.793. The number of carbonyl (C=O) groups excluding carboxylic acids is 1. The molecule has 0 radical (unpaired) electrons. The van der Waals surface area contributed by atoms with Crippen LogP contribution in [0.1, 0.15) is 47.0 Å². The molecule has 1 unspecified atom stereocenters. The maximum atomic E-state index is 12.1. The molecule has 0 fully saturated rings. The second-order valence-electron chi connectivity index (χ2n) is 5.71. The van der Waals surface area contributed by atoms with Gasteiger partial charge in [-0.05, 0) is 30.0 Å². The van der Waals surface area contributed by atoms with E-state index in [4.69, 9.17) is 8.94 Å². The van der Waals surface area contributed by atoms with Crippen molar-refractivity contribution in [2.24, 2.45) is 0 Å². The maximum Gasteiger partial charge on any atom is 0.289 e. The topological polar surface area (TPSA) is 94.1 Å². The first kappa shape index (κ1) is 14.6. The van der Waals surface area contributed by atoms with Gasteiger partial charge >= 0.3 is 0 Å². The number of aromatic nitrogens is 3. The lowest BCUT2D eigenvalue weighted by atomic mass is 10.0. The summed E-state index contributed by atoms with van der Waals surface area (Å²) in [5.41, 5.74) is 3.24. The summed E-state index contributed by atoms with van der Waals surface area (Å²) < 4.78 is 10.2. The molecule has 1 aliphatic carbocycles. The molecule has 0 spiro atoms. The Labute approximate surface area is 138 Å². The van der Waals surface area contributed by atoms with Crippen LogP contribution in [0.25, 0.3) is 11.4 Å². The van der Waals surface area contributed by atoms with E-state index in [1.807, 2.05) is 19.1 Å². The van der Waals surface area contributed by atoms with E-state index in [0.29, 0.717) is 18.1 Å². The van der Waals surface area contributed by atoms with Crippen LogP contribution in [0.2, 0.25) is 0 Å². The van der Waals surface area contributed by atoms with Gasteiger partial charge in [-0.15, -0.1) is 0 Å². The van der Waals surface area contributed by atoms with Crippen molar-refractivity contribution in [3.63, 3.8) is 0 Å². The van der Waals surface area contributed by atoms with Crippen molar-refractivity contribution in [3.8, 4) is 11.4 Å². The van der Waals surface area contributed by atoms with Crippen molar-refractivity contribution in [3.05, 3.63) is 53.6 Å². The molecule has 1 N–H and O–H groups in total. The highest BCUT2D eigenvalue weighted by molar-refractivity contribution is 5.91. The second kappa shape index (κ2) is 5.92. The summed E-state index contributed by atoms with van der Waals surface area (Å²) in [6, 6.07) is 6.02. The van der Waals surface area contributed by atoms with E-state index < -0.39 is 0 Å². The third-order valence-electron chi connectivity index (χ3n) is 4.21. The molecule has 1 atom stereocenters. The number of oxazole rings is 1. The molecule has 1 amide bonds. The minimum Gasteiger partial charge on any atom is -0.438 e. The van der Waals surface area contributed by atoms with Crippen LogP contribution >= 0.6 is 0 Å². The fraction of sp³-hybridized carbons (Fsp3) is 0.294. The fourth-order valence-electron chi connectivity index (χ4n) is 2.98. The zero-order chi connectivity index (χ0) is 16.5. The minimum atomic E-state index is -0.250. The molecular weight excluding hydrogens is 308 g/mol. The van der Waals surface area contributed by atoms with Gasteiger partial charge in [0.2, 0.25) is 17.5 Å². The SMILES string of the molecule is CCc1nc(-c2ccc3c(c2)CCC3NC(=O)c2cnco2)no1. The van der Waals surface area contributed by atoms with Gasteiger partial charge < -0.3 is 14.3 Å². The van der Waals surface area contributed by atoms with Crippen molar-refractivity contribution in [2.45, 2.75) is 32.2 Å². The summed E-state index contributed by atoms with van der Waals surface area (Å²) in [5.74, 6) is 1.20. The molecule has 122 valence electrons. The second-order valence-corrected chi connectivity index (χ2v) is 5.71. The number of hydrogen-bond donors (Lipinski definition) is 1. The number of carbonyl (C=O) groups is 1. The van der Waals surface area contributed by atoms with E-state index in [-0.39, 0.29) is 17.7 Å². The van der Waals surface area contributed by atoms with Crippen molar-refractivity contribution < 1.29 is 13.7 Å². The predicted molar refractivity (Wildman–Crippen MR) is 84.1 cm³/mol. The summed E-state index contributed by atoms with van der Waals surface area (Å²) in [7, 11) is 0.